The number of ether oxygens (including phenoxy) is 1. The monoisotopic (exact) mass is 464 g/mol. The molecular weight excluding hydrogens is 452 g/mol. The Bertz CT molecular complexity index is 975. The zero-order chi connectivity index (χ0) is 19.4. The number of amides is 2. The summed E-state index contributed by atoms with van der Waals surface area (Å²) >= 11 is 10.7. The quantitative estimate of drug-likeness (QED) is 0.659. The molecule has 0 atom stereocenters. The largest absolute Gasteiger partial charge is 0.488 e. The number of halogens is 2. The first kappa shape index (κ1) is 19.7. The van der Waals surface area contributed by atoms with E-state index in [9.17, 15) is 9.59 Å². The molecule has 3 rings (SSSR count). The smallest absolute Gasteiger partial charge is 0.286 e. The molecule has 1 heterocycles. The van der Waals surface area contributed by atoms with E-state index in [1.807, 2.05) is 42.5 Å². The number of nitrogens with zero attached hydrogens (tertiary/aromatic N) is 1. The number of carbonyl (C=O) groups is 2. The lowest BCUT2D eigenvalue weighted by atomic mass is 10.2. The van der Waals surface area contributed by atoms with Gasteiger partial charge >= 0.3 is 0 Å². The Morgan fingerprint density at radius 3 is 2.81 bits per heavy atom. The van der Waals surface area contributed by atoms with Crippen molar-refractivity contribution in [1.82, 2.24) is 5.32 Å². The average Bonchev–Trinajstić information content (AvgIpc) is 2.94. The van der Waals surface area contributed by atoms with Crippen LogP contribution in [-0.4, -0.2) is 17.0 Å². The predicted molar refractivity (Wildman–Crippen MR) is 112 cm³/mol. The predicted octanol–water partition coefficient (Wildman–Crippen LogP) is 4.79. The third-order valence-corrected chi connectivity index (χ3v) is 5.39. The molecule has 8 heteroatoms. The Kier molecular flexibility index (Phi) is 6.36. The first-order chi connectivity index (χ1) is 12.9. The zero-order valence-electron chi connectivity index (χ0n) is 14.2. The van der Waals surface area contributed by atoms with E-state index in [1.165, 1.54) is 6.92 Å². The van der Waals surface area contributed by atoms with Crippen LogP contribution in [0.5, 0.6) is 5.75 Å². The Labute approximate surface area is 174 Å². The van der Waals surface area contributed by atoms with Crippen molar-refractivity contribution in [2.24, 2.45) is 4.99 Å². The molecule has 5 nitrogen and oxygen atoms in total. The van der Waals surface area contributed by atoms with Crippen LogP contribution in [0.1, 0.15) is 18.1 Å². The lowest BCUT2D eigenvalue weighted by molar-refractivity contribution is -0.117. The molecule has 0 fully saturated rings. The maximum Gasteiger partial charge on any atom is 0.286 e. The molecule has 0 aromatic heterocycles. The minimum atomic E-state index is -0.376. The fourth-order valence-corrected chi connectivity index (χ4v) is 3.82. The lowest BCUT2D eigenvalue weighted by Crippen LogP contribution is -2.23. The van der Waals surface area contributed by atoms with E-state index >= 15 is 0 Å². The Morgan fingerprint density at radius 1 is 1.33 bits per heavy atom. The van der Waals surface area contributed by atoms with Crippen molar-refractivity contribution in [3.63, 3.8) is 0 Å². The Morgan fingerprint density at radius 2 is 2.11 bits per heavy atom. The van der Waals surface area contributed by atoms with E-state index in [0.29, 0.717) is 22.3 Å². The second-order valence-electron chi connectivity index (χ2n) is 5.58. The molecule has 2 amide bonds. The standard InChI is InChI=1S/C19H14BrClN2O3S/c1-11(24)22-19-23-18(25)17(27-19)9-12-6-7-16(14(20)8-12)26-10-13-4-2-3-5-15(13)21/h2-9H,10H2,1H3,(H,22,23,24,25)/b17-9+. The number of benzene rings is 2. The van der Waals surface area contributed by atoms with Crippen LogP contribution in [0, 0.1) is 0 Å². The van der Waals surface area contributed by atoms with E-state index in [0.717, 1.165) is 27.4 Å². The molecular formula is C19H14BrClN2O3S. The molecule has 138 valence electrons. The summed E-state index contributed by atoms with van der Waals surface area (Å²) in [5, 5.41) is 3.46. The highest BCUT2D eigenvalue weighted by atomic mass is 79.9. The molecule has 27 heavy (non-hydrogen) atoms. The molecule has 0 aliphatic carbocycles. The summed E-state index contributed by atoms with van der Waals surface area (Å²) in [6.45, 7) is 1.72. The highest BCUT2D eigenvalue weighted by Gasteiger charge is 2.22. The number of hydrogen-bond donors (Lipinski definition) is 1. The highest BCUT2D eigenvalue weighted by molar-refractivity contribution is 9.10. The average molecular weight is 466 g/mol. The molecule has 0 saturated carbocycles. The Balaban J connectivity index is 1.69. The van der Waals surface area contributed by atoms with Gasteiger partial charge in [0.25, 0.3) is 5.91 Å². The van der Waals surface area contributed by atoms with E-state index in [2.05, 4.69) is 26.2 Å². The fraction of sp³-hybridized carbons (Fsp3) is 0.105. The van der Waals surface area contributed by atoms with Gasteiger partial charge in [0.2, 0.25) is 5.91 Å². The number of rotatable bonds is 4. The zero-order valence-corrected chi connectivity index (χ0v) is 17.3. The van der Waals surface area contributed by atoms with Crippen LogP contribution in [0.2, 0.25) is 5.02 Å². The second-order valence-corrected chi connectivity index (χ2v) is 7.88. The molecule has 1 aliphatic rings. The summed E-state index contributed by atoms with van der Waals surface area (Å²) in [5.41, 5.74) is 1.70. The summed E-state index contributed by atoms with van der Waals surface area (Å²) in [6.07, 6.45) is 1.72. The summed E-state index contributed by atoms with van der Waals surface area (Å²) in [4.78, 5) is 27.3. The Hall–Kier alpha value is -2.09. The van der Waals surface area contributed by atoms with Crippen molar-refractivity contribution in [2.75, 3.05) is 0 Å². The van der Waals surface area contributed by atoms with Gasteiger partial charge in [0.05, 0.1) is 9.38 Å². The minimum absolute atomic E-state index is 0.266. The van der Waals surface area contributed by atoms with Gasteiger partial charge in [-0.15, -0.1) is 0 Å². The first-order valence-electron chi connectivity index (χ1n) is 7.88. The SMILES string of the molecule is CC(=O)NC1=NC(=O)/C(=C\c2ccc(OCc3ccccc3Cl)c(Br)c2)S1. The maximum absolute atomic E-state index is 11.9. The molecule has 0 radical (unpaired) electrons. The third-order valence-electron chi connectivity index (χ3n) is 3.50. The van der Waals surface area contributed by atoms with Gasteiger partial charge in [-0.25, -0.2) is 0 Å². The number of nitrogens with one attached hydrogen (secondary N) is 1. The number of hydrogen-bond acceptors (Lipinski definition) is 4. The van der Waals surface area contributed by atoms with Crippen LogP contribution in [0.15, 0.2) is 56.8 Å². The van der Waals surface area contributed by atoms with Crippen LogP contribution in [0.25, 0.3) is 6.08 Å². The number of aliphatic imine (C=N–C) groups is 1. The second kappa shape index (κ2) is 8.73. The molecule has 1 aliphatic heterocycles. The molecule has 1 N–H and O–H groups in total. The van der Waals surface area contributed by atoms with Crippen molar-refractivity contribution in [3.05, 3.63) is 68.0 Å². The maximum atomic E-state index is 11.9. The van der Waals surface area contributed by atoms with Crippen LogP contribution in [0.4, 0.5) is 0 Å². The first-order valence-corrected chi connectivity index (χ1v) is 9.87. The number of carbonyl (C=O) groups excluding carboxylic acids is 2. The van der Waals surface area contributed by atoms with Crippen LogP contribution < -0.4 is 10.1 Å². The molecule has 0 unspecified atom stereocenters. The van der Waals surface area contributed by atoms with Gasteiger partial charge in [-0.1, -0.05) is 35.9 Å². The molecule has 2 aromatic carbocycles. The topological polar surface area (TPSA) is 67.8 Å². The van der Waals surface area contributed by atoms with Gasteiger partial charge in [0.15, 0.2) is 5.17 Å². The van der Waals surface area contributed by atoms with Crippen LogP contribution in [-0.2, 0) is 16.2 Å². The fourth-order valence-electron chi connectivity index (χ4n) is 2.26. The van der Waals surface area contributed by atoms with Crippen molar-refractivity contribution in [2.45, 2.75) is 13.5 Å². The number of thioether (sulfide) groups is 1. The van der Waals surface area contributed by atoms with Gasteiger partial charge in [0.1, 0.15) is 12.4 Å². The van der Waals surface area contributed by atoms with Gasteiger partial charge in [-0.05, 0) is 57.5 Å². The highest BCUT2D eigenvalue weighted by Crippen LogP contribution is 2.31. The van der Waals surface area contributed by atoms with Gasteiger partial charge in [-0.2, -0.15) is 4.99 Å². The van der Waals surface area contributed by atoms with E-state index in [-0.39, 0.29) is 17.0 Å². The van der Waals surface area contributed by atoms with Crippen molar-refractivity contribution in [1.29, 1.82) is 0 Å². The summed E-state index contributed by atoms with van der Waals surface area (Å²) in [6, 6.07) is 13.0. The normalized spacial score (nSPS) is 15.0. The molecule has 2 aromatic rings. The molecule has 0 spiro atoms. The van der Waals surface area contributed by atoms with E-state index in [1.54, 1.807) is 6.08 Å². The van der Waals surface area contributed by atoms with Crippen LogP contribution >= 0.6 is 39.3 Å². The van der Waals surface area contributed by atoms with Crippen molar-refractivity contribution in [3.8, 4) is 5.75 Å². The van der Waals surface area contributed by atoms with Crippen molar-refractivity contribution < 1.29 is 14.3 Å². The molecule has 0 saturated heterocycles. The summed E-state index contributed by atoms with van der Waals surface area (Å²) in [5.74, 6) is 0.0228. The summed E-state index contributed by atoms with van der Waals surface area (Å²) in [7, 11) is 0. The summed E-state index contributed by atoms with van der Waals surface area (Å²) < 4.78 is 6.57. The lowest BCUT2D eigenvalue weighted by Gasteiger charge is -2.10. The minimum Gasteiger partial charge on any atom is -0.488 e. The van der Waals surface area contributed by atoms with E-state index < -0.39 is 0 Å². The van der Waals surface area contributed by atoms with Crippen molar-refractivity contribution >= 4 is 62.4 Å². The van der Waals surface area contributed by atoms with Gasteiger partial charge in [-0.3, -0.25) is 9.59 Å². The van der Waals surface area contributed by atoms with E-state index in [4.69, 9.17) is 16.3 Å². The third kappa shape index (κ3) is 5.22. The van der Waals surface area contributed by atoms with Gasteiger partial charge in [0, 0.05) is 17.5 Å². The molecule has 0 bridgehead atoms. The van der Waals surface area contributed by atoms with Gasteiger partial charge < -0.3 is 10.1 Å². The van der Waals surface area contributed by atoms with Crippen LogP contribution in [0.3, 0.4) is 0 Å². The number of amidine groups is 1.